The lowest BCUT2D eigenvalue weighted by molar-refractivity contribution is 0.318. The summed E-state index contributed by atoms with van der Waals surface area (Å²) in [6.45, 7) is 0. The van der Waals surface area contributed by atoms with Gasteiger partial charge in [-0.25, -0.2) is 4.98 Å². The van der Waals surface area contributed by atoms with Gasteiger partial charge >= 0.3 is 0 Å². The zero-order valence-electron chi connectivity index (χ0n) is 8.59. The molecule has 7 heteroatoms. The van der Waals surface area contributed by atoms with E-state index in [0.717, 1.165) is 14.5 Å². The molecule has 1 aromatic heterocycles. The summed E-state index contributed by atoms with van der Waals surface area (Å²) in [6.07, 6.45) is 3.41. The number of imidazole rings is 1. The molecule has 0 unspecified atom stereocenters. The van der Waals surface area contributed by atoms with Crippen LogP contribution in [0.25, 0.3) is 0 Å². The van der Waals surface area contributed by atoms with Crippen molar-refractivity contribution in [3.8, 4) is 0 Å². The summed E-state index contributed by atoms with van der Waals surface area (Å²) in [5.41, 5.74) is 6.28. The third kappa shape index (κ3) is 2.80. The molecular weight excluding hydrogens is 304 g/mol. The highest BCUT2D eigenvalue weighted by Crippen LogP contribution is 2.29. The van der Waals surface area contributed by atoms with E-state index in [1.54, 1.807) is 18.5 Å². The number of rotatable bonds is 3. The van der Waals surface area contributed by atoms with Crippen LogP contribution in [0, 0.1) is 0 Å². The van der Waals surface area contributed by atoms with Gasteiger partial charge < -0.3 is 15.9 Å². The van der Waals surface area contributed by atoms with Crippen LogP contribution in [0.15, 0.2) is 50.3 Å². The average Bonchev–Trinajstić information content (AvgIpc) is 2.83. The van der Waals surface area contributed by atoms with E-state index in [1.165, 1.54) is 11.8 Å². The summed E-state index contributed by atoms with van der Waals surface area (Å²) in [7, 11) is 0. The van der Waals surface area contributed by atoms with E-state index in [9.17, 15) is 0 Å². The van der Waals surface area contributed by atoms with Crippen molar-refractivity contribution in [1.82, 2.24) is 9.97 Å². The fraction of sp³-hybridized carbons (Fsp3) is 0. The summed E-state index contributed by atoms with van der Waals surface area (Å²) >= 11 is 4.76. The lowest BCUT2D eigenvalue weighted by Crippen LogP contribution is -2.14. The van der Waals surface area contributed by atoms with Gasteiger partial charge in [0, 0.05) is 27.3 Å². The van der Waals surface area contributed by atoms with Crippen LogP contribution in [0.2, 0.25) is 0 Å². The highest BCUT2D eigenvalue weighted by Gasteiger charge is 2.10. The van der Waals surface area contributed by atoms with E-state index in [-0.39, 0.29) is 5.84 Å². The van der Waals surface area contributed by atoms with Crippen molar-refractivity contribution < 1.29 is 5.21 Å². The molecule has 4 N–H and O–H groups in total. The monoisotopic (exact) mass is 312 g/mol. The Bertz CT molecular complexity index is 541. The molecule has 1 aromatic carbocycles. The molecule has 1 heterocycles. The highest BCUT2D eigenvalue weighted by molar-refractivity contribution is 9.10. The molecular formula is C10H9BrN4OS. The zero-order chi connectivity index (χ0) is 12.3. The third-order valence-electron chi connectivity index (χ3n) is 2.01. The van der Waals surface area contributed by atoms with Crippen molar-refractivity contribution >= 4 is 33.5 Å². The third-order valence-corrected chi connectivity index (χ3v) is 3.49. The number of hydrogen-bond acceptors (Lipinski definition) is 4. The predicted octanol–water partition coefficient (Wildman–Crippen LogP) is 2.42. The Balaban J connectivity index is 2.39. The molecule has 0 saturated heterocycles. The summed E-state index contributed by atoms with van der Waals surface area (Å²) < 4.78 is 0.864. The van der Waals surface area contributed by atoms with Crippen molar-refractivity contribution in [3.05, 3.63) is 40.6 Å². The molecule has 0 radical (unpaired) electrons. The van der Waals surface area contributed by atoms with Gasteiger partial charge in [-0.05, 0) is 18.2 Å². The quantitative estimate of drug-likeness (QED) is 0.351. The Morgan fingerprint density at radius 2 is 2.35 bits per heavy atom. The zero-order valence-corrected chi connectivity index (χ0v) is 11.0. The summed E-state index contributed by atoms with van der Waals surface area (Å²) in [4.78, 5) is 7.95. The number of halogens is 1. The van der Waals surface area contributed by atoms with Gasteiger partial charge in [0.1, 0.15) is 0 Å². The van der Waals surface area contributed by atoms with Gasteiger partial charge in [-0.15, -0.1) is 0 Å². The second-order valence-electron chi connectivity index (χ2n) is 3.12. The number of nitrogens with one attached hydrogen (secondary N) is 1. The maximum absolute atomic E-state index is 8.74. The molecule has 0 amide bonds. The lowest BCUT2D eigenvalue weighted by Gasteiger charge is -2.06. The minimum atomic E-state index is 0.0698. The number of nitrogens with two attached hydrogens (primary N) is 1. The fourth-order valence-corrected chi connectivity index (χ4v) is 2.48. The average molecular weight is 313 g/mol. The van der Waals surface area contributed by atoms with Crippen molar-refractivity contribution in [1.29, 1.82) is 0 Å². The van der Waals surface area contributed by atoms with E-state index in [0.29, 0.717) is 5.56 Å². The molecule has 0 atom stereocenters. The fourth-order valence-electron chi connectivity index (χ4n) is 1.26. The van der Waals surface area contributed by atoms with Crippen LogP contribution in [-0.4, -0.2) is 21.0 Å². The maximum atomic E-state index is 8.74. The molecule has 5 nitrogen and oxygen atoms in total. The number of oxime groups is 1. The largest absolute Gasteiger partial charge is 0.409 e. The van der Waals surface area contributed by atoms with E-state index in [2.05, 4.69) is 31.1 Å². The standard InChI is InChI=1S/C10H9BrN4OS/c11-6-1-2-8(7(5-6)9(12)15-16)17-10-13-3-4-14-10/h1-5,16H,(H2,12,15)(H,13,14). The van der Waals surface area contributed by atoms with Crippen molar-refractivity contribution in [2.75, 3.05) is 0 Å². The van der Waals surface area contributed by atoms with Crippen molar-refractivity contribution in [2.24, 2.45) is 10.9 Å². The first-order valence-electron chi connectivity index (χ1n) is 4.65. The summed E-state index contributed by atoms with van der Waals surface area (Å²) in [5.74, 6) is 0.0698. The molecule has 2 rings (SSSR count). The summed E-state index contributed by atoms with van der Waals surface area (Å²) in [6, 6.07) is 5.56. The number of H-pyrrole nitrogens is 1. The molecule has 0 aliphatic rings. The Hall–Kier alpha value is -1.47. The van der Waals surface area contributed by atoms with Crippen LogP contribution in [0.5, 0.6) is 0 Å². The van der Waals surface area contributed by atoms with Gasteiger partial charge in [0.05, 0.1) is 0 Å². The number of hydrogen-bond donors (Lipinski definition) is 3. The Labute approximate surface area is 110 Å². The highest BCUT2D eigenvalue weighted by atomic mass is 79.9. The topological polar surface area (TPSA) is 87.3 Å². The molecule has 2 aromatic rings. The van der Waals surface area contributed by atoms with Gasteiger partial charge in [-0.3, -0.25) is 0 Å². The molecule has 0 spiro atoms. The number of benzene rings is 1. The number of aromatic amines is 1. The van der Waals surface area contributed by atoms with E-state index < -0.39 is 0 Å². The normalized spacial score (nSPS) is 11.7. The molecule has 0 bridgehead atoms. The minimum Gasteiger partial charge on any atom is -0.409 e. The first-order valence-corrected chi connectivity index (χ1v) is 6.26. The maximum Gasteiger partial charge on any atom is 0.171 e. The predicted molar refractivity (Wildman–Crippen MR) is 69.4 cm³/mol. The molecule has 0 saturated carbocycles. The number of nitrogens with zero attached hydrogens (tertiary/aromatic N) is 2. The SMILES string of the molecule is N/C(=N/O)c1cc(Br)ccc1Sc1ncc[nH]1. The molecule has 0 fully saturated rings. The molecule has 0 aliphatic carbocycles. The van der Waals surface area contributed by atoms with E-state index in [1.807, 2.05) is 12.1 Å². The number of aromatic nitrogens is 2. The lowest BCUT2D eigenvalue weighted by atomic mass is 10.2. The smallest absolute Gasteiger partial charge is 0.171 e. The first kappa shape index (κ1) is 12.0. The van der Waals surface area contributed by atoms with Crippen LogP contribution in [0.3, 0.4) is 0 Å². The van der Waals surface area contributed by atoms with E-state index >= 15 is 0 Å². The Morgan fingerprint density at radius 3 is 3.00 bits per heavy atom. The summed E-state index contributed by atoms with van der Waals surface area (Å²) in [5, 5.41) is 12.5. The van der Waals surface area contributed by atoms with E-state index in [4.69, 9.17) is 10.9 Å². The van der Waals surface area contributed by atoms with Gasteiger partial charge in [0.25, 0.3) is 0 Å². The molecule has 17 heavy (non-hydrogen) atoms. The molecule has 88 valence electrons. The second kappa shape index (κ2) is 5.24. The van der Waals surface area contributed by atoms with Crippen molar-refractivity contribution in [2.45, 2.75) is 10.1 Å². The Kier molecular flexibility index (Phi) is 3.70. The molecule has 0 aliphatic heterocycles. The number of amidine groups is 1. The van der Waals surface area contributed by atoms with Crippen molar-refractivity contribution in [3.63, 3.8) is 0 Å². The minimum absolute atomic E-state index is 0.0698. The second-order valence-corrected chi connectivity index (χ2v) is 5.07. The van der Waals surface area contributed by atoms with Gasteiger partial charge in [-0.2, -0.15) is 0 Å². The Morgan fingerprint density at radius 1 is 1.53 bits per heavy atom. The van der Waals surface area contributed by atoms with Crippen LogP contribution in [0.4, 0.5) is 0 Å². The first-order chi connectivity index (χ1) is 8.20. The van der Waals surface area contributed by atoms with Crippen LogP contribution < -0.4 is 5.73 Å². The van der Waals surface area contributed by atoms with Gasteiger partial charge in [0.15, 0.2) is 11.0 Å². The van der Waals surface area contributed by atoms with Gasteiger partial charge in [0.2, 0.25) is 0 Å². The van der Waals surface area contributed by atoms with Gasteiger partial charge in [-0.1, -0.05) is 32.8 Å². The van der Waals surface area contributed by atoms with Crippen LogP contribution in [0.1, 0.15) is 5.56 Å². The van der Waals surface area contributed by atoms with Crippen LogP contribution in [-0.2, 0) is 0 Å². The van der Waals surface area contributed by atoms with Crippen LogP contribution >= 0.6 is 27.7 Å².